The number of aliphatic hydroxyl groups excluding tert-OH is 1. The second kappa shape index (κ2) is 6.70. The highest BCUT2D eigenvalue weighted by molar-refractivity contribution is 5.74. The summed E-state index contributed by atoms with van der Waals surface area (Å²) in [6.45, 7) is 2.89. The number of rotatable bonds is 3. The fourth-order valence-corrected chi connectivity index (χ4v) is 2.49. The molecule has 2 unspecified atom stereocenters. The van der Waals surface area contributed by atoms with E-state index >= 15 is 0 Å². The van der Waals surface area contributed by atoms with Crippen LogP contribution in [0.1, 0.15) is 25.3 Å². The maximum absolute atomic E-state index is 13.5. The first-order valence-corrected chi connectivity index (χ1v) is 7.03. The monoisotopic (exact) mass is 280 g/mol. The van der Waals surface area contributed by atoms with Gasteiger partial charge in [-0.1, -0.05) is 18.2 Å². The smallest absolute Gasteiger partial charge is 0.317 e. The first kappa shape index (κ1) is 14.8. The van der Waals surface area contributed by atoms with Gasteiger partial charge in [-0.25, -0.2) is 9.18 Å². The molecular weight excluding hydrogens is 259 g/mol. The van der Waals surface area contributed by atoms with Gasteiger partial charge in [0.05, 0.1) is 6.10 Å². The normalized spacial score (nSPS) is 20.6. The molecule has 2 amide bonds. The number of nitrogens with zero attached hydrogens (tertiary/aromatic N) is 1. The molecule has 0 bridgehead atoms. The van der Waals surface area contributed by atoms with E-state index in [-0.39, 0.29) is 17.9 Å². The number of hydrogen-bond acceptors (Lipinski definition) is 2. The Balaban J connectivity index is 1.86. The first-order valence-electron chi connectivity index (χ1n) is 7.03. The van der Waals surface area contributed by atoms with Crippen molar-refractivity contribution < 1.29 is 14.3 Å². The van der Waals surface area contributed by atoms with Crippen molar-refractivity contribution in [3.63, 3.8) is 0 Å². The number of piperidine rings is 1. The molecule has 0 radical (unpaired) electrons. The van der Waals surface area contributed by atoms with Gasteiger partial charge in [-0.2, -0.15) is 0 Å². The molecule has 4 nitrogen and oxygen atoms in total. The number of carbonyl (C=O) groups excluding carboxylic acids is 1. The summed E-state index contributed by atoms with van der Waals surface area (Å²) in [5.74, 6) is -0.248. The number of halogens is 1. The van der Waals surface area contributed by atoms with Crippen LogP contribution in [-0.2, 0) is 6.42 Å². The van der Waals surface area contributed by atoms with Crippen LogP contribution >= 0.6 is 0 Å². The molecule has 0 spiro atoms. The molecule has 2 atom stereocenters. The highest BCUT2D eigenvalue weighted by atomic mass is 19.1. The molecule has 110 valence electrons. The Bertz CT molecular complexity index is 467. The lowest BCUT2D eigenvalue weighted by Gasteiger charge is -2.31. The second-order valence-corrected chi connectivity index (χ2v) is 5.39. The van der Waals surface area contributed by atoms with Gasteiger partial charge < -0.3 is 15.3 Å². The van der Waals surface area contributed by atoms with E-state index < -0.39 is 6.10 Å². The van der Waals surface area contributed by atoms with Crippen molar-refractivity contribution in [2.45, 2.75) is 38.3 Å². The van der Waals surface area contributed by atoms with E-state index in [0.29, 0.717) is 25.1 Å². The zero-order chi connectivity index (χ0) is 14.5. The fraction of sp³-hybridized carbons (Fsp3) is 0.533. The average Bonchev–Trinajstić information content (AvgIpc) is 2.41. The minimum atomic E-state index is -0.434. The first-order chi connectivity index (χ1) is 9.56. The number of aliphatic hydroxyl groups is 1. The van der Waals surface area contributed by atoms with Gasteiger partial charge in [-0.3, -0.25) is 0 Å². The van der Waals surface area contributed by atoms with Crippen LogP contribution in [0.3, 0.4) is 0 Å². The highest BCUT2D eigenvalue weighted by Gasteiger charge is 2.23. The lowest BCUT2D eigenvalue weighted by atomic mass is 10.1. The van der Waals surface area contributed by atoms with Crippen LogP contribution in [0.2, 0.25) is 0 Å². The Morgan fingerprint density at radius 3 is 3.00 bits per heavy atom. The predicted octanol–water partition coefficient (Wildman–Crippen LogP) is 1.92. The summed E-state index contributed by atoms with van der Waals surface area (Å²) in [6, 6.07) is 6.24. The zero-order valence-electron chi connectivity index (χ0n) is 11.7. The quantitative estimate of drug-likeness (QED) is 0.889. The summed E-state index contributed by atoms with van der Waals surface area (Å²) in [7, 11) is 0. The van der Waals surface area contributed by atoms with E-state index in [1.165, 1.54) is 6.07 Å². The number of amides is 2. The second-order valence-electron chi connectivity index (χ2n) is 5.39. The third-order valence-electron chi connectivity index (χ3n) is 3.54. The van der Waals surface area contributed by atoms with E-state index in [9.17, 15) is 14.3 Å². The van der Waals surface area contributed by atoms with E-state index in [0.717, 1.165) is 12.8 Å². The minimum absolute atomic E-state index is 0.154. The predicted molar refractivity (Wildman–Crippen MR) is 74.9 cm³/mol. The molecular formula is C15H21FN2O2. The summed E-state index contributed by atoms with van der Waals surface area (Å²) in [5.41, 5.74) is 0.596. The average molecular weight is 280 g/mol. The van der Waals surface area contributed by atoms with Crippen molar-refractivity contribution in [1.82, 2.24) is 10.2 Å². The van der Waals surface area contributed by atoms with Gasteiger partial charge in [0.15, 0.2) is 0 Å². The maximum atomic E-state index is 13.5. The topological polar surface area (TPSA) is 52.6 Å². The highest BCUT2D eigenvalue weighted by Crippen LogP contribution is 2.11. The SMILES string of the molecule is CC(Cc1ccccc1F)NC(=O)N1CCCC(O)C1. The lowest BCUT2D eigenvalue weighted by Crippen LogP contribution is -2.49. The molecule has 1 saturated heterocycles. The summed E-state index contributed by atoms with van der Waals surface area (Å²) >= 11 is 0. The maximum Gasteiger partial charge on any atom is 0.317 e. The number of carbonyl (C=O) groups is 1. The van der Waals surface area contributed by atoms with Gasteiger partial charge in [-0.15, -0.1) is 0 Å². The Kier molecular flexibility index (Phi) is 4.95. The number of nitrogens with one attached hydrogen (secondary N) is 1. The van der Waals surface area contributed by atoms with E-state index in [4.69, 9.17) is 0 Å². The van der Waals surface area contributed by atoms with Gasteiger partial charge in [0, 0.05) is 19.1 Å². The largest absolute Gasteiger partial charge is 0.391 e. The molecule has 1 aromatic carbocycles. The molecule has 1 heterocycles. The Hall–Kier alpha value is -1.62. The van der Waals surface area contributed by atoms with Crippen molar-refractivity contribution in [3.8, 4) is 0 Å². The Morgan fingerprint density at radius 2 is 2.30 bits per heavy atom. The molecule has 2 rings (SSSR count). The number of hydrogen-bond donors (Lipinski definition) is 2. The molecule has 1 aliphatic heterocycles. The van der Waals surface area contributed by atoms with Gasteiger partial charge in [0.1, 0.15) is 5.82 Å². The minimum Gasteiger partial charge on any atom is -0.391 e. The van der Waals surface area contributed by atoms with Crippen molar-refractivity contribution >= 4 is 6.03 Å². The van der Waals surface area contributed by atoms with Crippen LogP contribution in [-0.4, -0.2) is 41.3 Å². The van der Waals surface area contributed by atoms with Gasteiger partial charge in [0.25, 0.3) is 0 Å². The third kappa shape index (κ3) is 3.93. The number of likely N-dealkylation sites (tertiary alicyclic amines) is 1. The van der Waals surface area contributed by atoms with Crippen LogP contribution in [0.25, 0.3) is 0 Å². The van der Waals surface area contributed by atoms with Crippen molar-refractivity contribution in [3.05, 3.63) is 35.6 Å². The van der Waals surface area contributed by atoms with Crippen LogP contribution in [0, 0.1) is 5.82 Å². The van der Waals surface area contributed by atoms with Gasteiger partial charge >= 0.3 is 6.03 Å². The molecule has 1 aliphatic rings. The van der Waals surface area contributed by atoms with Crippen LogP contribution < -0.4 is 5.32 Å². The summed E-state index contributed by atoms with van der Waals surface area (Å²) in [5, 5.41) is 12.4. The zero-order valence-corrected chi connectivity index (χ0v) is 11.7. The van der Waals surface area contributed by atoms with Gasteiger partial charge in [-0.05, 0) is 37.8 Å². The van der Waals surface area contributed by atoms with E-state index in [1.54, 1.807) is 23.1 Å². The van der Waals surface area contributed by atoms with Crippen molar-refractivity contribution in [2.75, 3.05) is 13.1 Å². The summed E-state index contributed by atoms with van der Waals surface area (Å²) in [4.78, 5) is 13.7. The lowest BCUT2D eigenvalue weighted by molar-refractivity contribution is 0.0835. The van der Waals surface area contributed by atoms with Crippen LogP contribution in [0.4, 0.5) is 9.18 Å². The third-order valence-corrected chi connectivity index (χ3v) is 3.54. The Morgan fingerprint density at radius 1 is 1.55 bits per heavy atom. The molecule has 0 saturated carbocycles. The molecule has 1 aromatic rings. The molecule has 20 heavy (non-hydrogen) atoms. The summed E-state index contributed by atoms with van der Waals surface area (Å²) < 4.78 is 13.5. The fourth-order valence-electron chi connectivity index (χ4n) is 2.49. The number of β-amino-alcohol motifs (C(OH)–C–C–N with tert-alkyl or cyclic N) is 1. The van der Waals surface area contributed by atoms with E-state index in [1.807, 2.05) is 6.92 Å². The molecule has 2 N–H and O–H groups in total. The Labute approximate surface area is 118 Å². The molecule has 5 heteroatoms. The number of urea groups is 1. The molecule has 0 aliphatic carbocycles. The van der Waals surface area contributed by atoms with Crippen molar-refractivity contribution in [2.24, 2.45) is 0 Å². The molecule has 0 aromatic heterocycles. The number of benzene rings is 1. The van der Waals surface area contributed by atoms with E-state index in [2.05, 4.69) is 5.32 Å². The molecule has 1 fully saturated rings. The van der Waals surface area contributed by atoms with Crippen LogP contribution in [0.15, 0.2) is 24.3 Å². The summed E-state index contributed by atoms with van der Waals surface area (Å²) in [6.07, 6.45) is 1.58. The van der Waals surface area contributed by atoms with Crippen LogP contribution in [0.5, 0.6) is 0 Å². The van der Waals surface area contributed by atoms with Gasteiger partial charge in [0.2, 0.25) is 0 Å². The standard InChI is InChI=1S/C15H21FN2O2/c1-11(9-12-5-2-3-7-14(12)16)17-15(20)18-8-4-6-13(19)10-18/h2-3,5,7,11,13,19H,4,6,8-10H2,1H3,(H,17,20). The van der Waals surface area contributed by atoms with Crippen molar-refractivity contribution in [1.29, 1.82) is 0 Å².